The Balaban J connectivity index is 2.11. The predicted molar refractivity (Wildman–Crippen MR) is 79.4 cm³/mol. The van der Waals surface area contributed by atoms with E-state index in [0.29, 0.717) is 17.6 Å². The van der Waals surface area contributed by atoms with Gasteiger partial charge in [-0.2, -0.15) is 0 Å². The molecule has 1 heterocycles. The van der Waals surface area contributed by atoms with E-state index >= 15 is 0 Å². The van der Waals surface area contributed by atoms with Crippen LogP contribution in [0.1, 0.15) is 28.4 Å². The second-order valence-corrected chi connectivity index (χ2v) is 4.85. The molecule has 0 radical (unpaired) electrons. The fourth-order valence-corrected chi connectivity index (χ4v) is 2.53. The average Bonchev–Trinajstić information content (AvgIpc) is 2.91. The number of fused-ring (bicyclic) bond motifs is 1. The first-order valence-corrected chi connectivity index (χ1v) is 6.83. The van der Waals surface area contributed by atoms with E-state index in [4.69, 9.17) is 0 Å². The van der Waals surface area contributed by atoms with Gasteiger partial charge in [0.05, 0.1) is 12.1 Å². The van der Waals surface area contributed by atoms with E-state index in [1.807, 2.05) is 18.2 Å². The van der Waals surface area contributed by atoms with Crippen molar-refractivity contribution < 1.29 is 9.90 Å². The van der Waals surface area contributed by atoms with Gasteiger partial charge in [-0.05, 0) is 29.7 Å². The summed E-state index contributed by atoms with van der Waals surface area (Å²) in [7, 11) is 0. The van der Waals surface area contributed by atoms with Gasteiger partial charge in [-0.25, -0.2) is 9.48 Å². The quantitative estimate of drug-likeness (QED) is 0.798. The fraction of sp³-hybridized carbons (Fsp3) is 0.188. The van der Waals surface area contributed by atoms with Crippen LogP contribution in [-0.2, 0) is 13.0 Å². The summed E-state index contributed by atoms with van der Waals surface area (Å²) in [5.41, 5.74) is 3.76. The lowest BCUT2D eigenvalue weighted by Crippen LogP contribution is -2.07. The highest BCUT2D eigenvalue weighted by Crippen LogP contribution is 2.19. The number of aromatic carboxylic acids is 1. The fourth-order valence-electron chi connectivity index (χ4n) is 2.53. The van der Waals surface area contributed by atoms with Crippen molar-refractivity contribution in [3.63, 3.8) is 0 Å². The lowest BCUT2D eigenvalue weighted by atomic mass is 10.1. The van der Waals surface area contributed by atoms with Gasteiger partial charge in [-0.1, -0.05) is 42.5 Å². The number of nitrogens with zero attached hydrogens (tertiary/aromatic N) is 3. The van der Waals surface area contributed by atoms with Crippen LogP contribution in [-0.4, -0.2) is 26.1 Å². The molecular formula is C16H15N3O2. The summed E-state index contributed by atoms with van der Waals surface area (Å²) >= 11 is 0. The standard InChI is InChI=1S/C16H15N3O2/c1-2-11-6-3-4-7-12(11)10-19-15-13(16(20)21)8-5-9-14(15)17-18-19/h3-9H,2,10H2,1H3,(H,20,21). The second-order valence-electron chi connectivity index (χ2n) is 4.85. The Hall–Kier alpha value is -2.69. The molecular weight excluding hydrogens is 266 g/mol. The van der Waals surface area contributed by atoms with Crippen LogP contribution in [0.4, 0.5) is 0 Å². The van der Waals surface area contributed by atoms with Gasteiger partial charge in [-0.15, -0.1) is 5.10 Å². The molecule has 1 N–H and O–H groups in total. The first-order chi connectivity index (χ1) is 10.2. The number of carbonyl (C=O) groups is 1. The molecule has 2 aromatic carbocycles. The lowest BCUT2D eigenvalue weighted by Gasteiger charge is -2.09. The molecule has 5 nitrogen and oxygen atoms in total. The average molecular weight is 281 g/mol. The molecule has 0 aliphatic rings. The molecule has 0 saturated carbocycles. The van der Waals surface area contributed by atoms with Crippen LogP contribution in [0.5, 0.6) is 0 Å². The van der Waals surface area contributed by atoms with Crippen LogP contribution in [0.25, 0.3) is 11.0 Å². The van der Waals surface area contributed by atoms with Gasteiger partial charge in [0.15, 0.2) is 0 Å². The van der Waals surface area contributed by atoms with Crippen LogP contribution in [0, 0.1) is 0 Å². The highest BCUT2D eigenvalue weighted by atomic mass is 16.4. The third-order valence-corrected chi connectivity index (χ3v) is 3.58. The van der Waals surface area contributed by atoms with Gasteiger partial charge in [0, 0.05) is 0 Å². The highest BCUT2D eigenvalue weighted by Gasteiger charge is 2.15. The van der Waals surface area contributed by atoms with Crippen molar-refractivity contribution in [2.45, 2.75) is 19.9 Å². The first-order valence-electron chi connectivity index (χ1n) is 6.83. The maximum atomic E-state index is 11.4. The second kappa shape index (κ2) is 5.36. The monoisotopic (exact) mass is 281 g/mol. The lowest BCUT2D eigenvalue weighted by molar-refractivity contribution is 0.0698. The van der Waals surface area contributed by atoms with Crippen molar-refractivity contribution in [1.82, 2.24) is 15.0 Å². The molecule has 3 aromatic rings. The Morgan fingerprint density at radius 2 is 1.90 bits per heavy atom. The zero-order valence-corrected chi connectivity index (χ0v) is 11.7. The maximum absolute atomic E-state index is 11.4. The minimum atomic E-state index is -0.965. The SMILES string of the molecule is CCc1ccccc1Cn1nnc2cccc(C(=O)O)c21. The third kappa shape index (κ3) is 2.38. The molecule has 21 heavy (non-hydrogen) atoms. The molecule has 106 valence electrons. The third-order valence-electron chi connectivity index (χ3n) is 3.58. The van der Waals surface area contributed by atoms with E-state index in [1.54, 1.807) is 22.9 Å². The number of rotatable bonds is 4. The van der Waals surface area contributed by atoms with Crippen LogP contribution in [0.3, 0.4) is 0 Å². The summed E-state index contributed by atoms with van der Waals surface area (Å²) in [6.45, 7) is 2.62. The molecule has 3 rings (SSSR count). The molecule has 0 aliphatic heterocycles. The normalized spacial score (nSPS) is 10.9. The Morgan fingerprint density at radius 3 is 2.62 bits per heavy atom. The summed E-state index contributed by atoms with van der Waals surface area (Å²) in [5, 5.41) is 17.5. The molecule has 0 amide bonds. The van der Waals surface area contributed by atoms with Gasteiger partial charge >= 0.3 is 5.97 Å². The predicted octanol–water partition coefficient (Wildman–Crippen LogP) is 2.74. The van der Waals surface area contributed by atoms with Crippen molar-refractivity contribution in [1.29, 1.82) is 0 Å². The summed E-state index contributed by atoms with van der Waals surface area (Å²) in [6, 6.07) is 13.1. The summed E-state index contributed by atoms with van der Waals surface area (Å²) in [4.78, 5) is 11.4. The Bertz CT molecular complexity index is 808. The minimum Gasteiger partial charge on any atom is -0.478 e. The van der Waals surface area contributed by atoms with Crippen LogP contribution in [0.2, 0.25) is 0 Å². The molecule has 0 saturated heterocycles. The van der Waals surface area contributed by atoms with Crippen LogP contribution < -0.4 is 0 Å². The van der Waals surface area contributed by atoms with E-state index < -0.39 is 5.97 Å². The summed E-state index contributed by atoms with van der Waals surface area (Å²) in [6.07, 6.45) is 0.925. The highest BCUT2D eigenvalue weighted by molar-refractivity contribution is 6.00. The molecule has 1 aromatic heterocycles. The minimum absolute atomic E-state index is 0.228. The Labute approximate surface area is 121 Å². The number of aryl methyl sites for hydroxylation is 1. The Morgan fingerprint density at radius 1 is 1.14 bits per heavy atom. The molecule has 0 spiro atoms. The summed E-state index contributed by atoms with van der Waals surface area (Å²) in [5.74, 6) is -0.965. The van der Waals surface area contributed by atoms with E-state index in [-0.39, 0.29) is 5.56 Å². The van der Waals surface area contributed by atoms with Crippen LogP contribution >= 0.6 is 0 Å². The van der Waals surface area contributed by atoms with Crippen molar-refractivity contribution in [3.05, 3.63) is 59.2 Å². The van der Waals surface area contributed by atoms with Crippen LogP contribution in [0.15, 0.2) is 42.5 Å². The van der Waals surface area contributed by atoms with Gasteiger partial charge in [-0.3, -0.25) is 0 Å². The maximum Gasteiger partial charge on any atom is 0.337 e. The largest absolute Gasteiger partial charge is 0.478 e. The number of carboxylic acids is 1. The van der Waals surface area contributed by atoms with E-state index in [1.165, 1.54) is 5.56 Å². The molecule has 0 bridgehead atoms. The van der Waals surface area contributed by atoms with Gasteiger partial charge in [0.25, 0.3) is 0 Å². The van der Waals surface area contributed by atoms with Crippen molar-refractivity contribution >= 4 is 17.0 Å². The zero-order valence-electron chi connectivity index (χ0n) is 11.7. The van der Waals surface area contributed by atoms with Crippen molar-refractivity contribution in [2.24, 2.45) is 0 Å². The van der Waals surface area contributed by atoms with Gasteiger partial charge in [0.1, 0.15) is 11.0 Å². The number of carboxylic acid groups (broad SMARTS) is 1. The van der Waals surface area contributed by atoms with E-state index in [0.717, 1.165) is 12.0 Å². The molecule has 0 atom stereocenters. The number of hydrogen-bond acceptors (Lipinski definition) is 3. The Kier molecular flexibility index (Phi) is 3.39. The van der Waals surface area contributed by atoms with Gasteiger partial charge < -0.3 is 5.11 Å². The number of benzene rings is 2. The molecule has 0 unspecified atom stereocenters. The number of para-hydroxylation sites is 1. The first kappa shape index (κ1) is 13.3. The summed E-state index contributed by atoms with van der Waals surface area (Å²) < 4.78 is 1.66. The van der Waals surface area contributed by atoms with Gasteiger partial charge in [0.2, 0.25) is 0 Å². The van der Waals surface area contributed by atoms with Crippen molar-refractivity contribution in [3.8, 4) is 0 Å². The number of aromatic nitrogens is 3. The van der Waals surface area contributed by atoms with E-state index in [9.17, 15) is 9.90 Å². The number of hydrogen-bond donors (Lipinski definition) is 1. The zero-order chi connectivity index (χ0) is 14.8. The molecule has 0 aliphatic carbocycles. The smallest absolute Gasteiger partial charge is 0.337 e. The van der Waals surface area contributed by atoms with E-state index in [2.05, 4.69) is 23.3 Å². The topological polar surface area (TPSA) is 68.0 Å². The van der Waals surface area contributed by atoms with Crippen molar-refractivity contribution in [2.75, 3.05) is 0 Å². The molecule has 5 heteroatoms. The molecule has 0 fully saturated rings.